The van der Waals surface area contributed by atoms with Crippen molar-refractivity contribution in [3.63, 3.8) is 0 Å². The molecule has 5 atom stereocenters. The minimum atomic E-state index is -3.19. The number of amides is 1. The van der Waals surface area contributed by atoms with E-state index in [4.69, 9.17) is 49.0 Å². The number of hydrogen-bond donors (Lipinski definition) is 5. The van der Waals surface area contributed by atoms with Crippen LogP contribution in [0.3, 0.4) is 0 Å². The second-order valence-electron chi connectivity index (χ2n) is 15.6. The Morgan fingerprint density at radius 1 is 0.895 bits per heavy atom. The first kappa shape index (κ1) is 40.8. The normalized spacial score (nSPS) is 24.1. The molecule has 57 heavy (non-hydrogen) atoms. The molecule has 0 radical (unpaired) electrons. The molecular weight excluding hydrogens is 805 g/mol. The maximum absolute atomic E-state index is 13.9. The van der Waals surface area contributed by atoms with Crippen LogP contribution >= 0.6 is 34.8 Å². The van der Waals surface area contributed by atoms with Crippen LogP contribution in [0.25, 0.3) is 0 Å². The Morgan fingerprint density at radius 2 is 1.44 bits per heavy atom. The van der Waals surface area contributed by atoms with Crippen molar-refractivity contribution >= 4 is 71.3 Å². The number of esters is 1. The van der Waals surface area contributed by atoms with Crippen LogP contribution in [0.4, 0.5) is 0 Å². The molecule has 3 aliphatic heterocycles. The largest absolute Gasteiger partial charge is 0.450 e. The van der Waals surface area contributed by atoms with Crippen molar-refractivity contribution in [1.29, 1.82) is 0 Å². The fraction of sp³-hybridized carbons (Fsp3) is 0.310. The van der Waals surface area contributed by atoms with Gasteiger partial charge in [0.15, 0.2) is 11.8 Å². The van der Waals surface area contributed by atoms with Crippen LogP contribution in [0.5, 0.6) is 0 Å². The molecule has 2 unspecified atom stereocenters. The molecule has 0 saturated carbocycles. The average Bonchev–Trinajstić information content (AvgIpc) is 3.63. The second-order valence-corrected chi connectivity index (χ2v) is 22.2. The molecule has 298 valence electrons. The van der Waals surface area contributed by atoms with Gasteiger partial charge in [0.1, 0.15) is 12.1 Å². The van der Waals surface area contributed by atoms with Gasteiger partial charge in [-0.25, -0.2) is 9.79 Å². The van der Waals surface area contributed by atoms with Crippen molar-refractivity contribution in [2.45, 2.75) is 72.2 Å². The summed E-state index contributed by atoms with van der Waals surface area (Å²) in [6, 6.07) is 32.4. The van der Waals surface area contributed by atoms with E-state index in [2.05, 4.69) is 67.6 Å². The smallest absolute Gasteiger partial charge is 0.338 e. The highest BCUT2D eigenvalue weighted by molar-refractivity contribution is 6.99. The summed E-state index contributed by atoms with van der Waals surface area (Å²) in [5, 5.41) is 36.3. The lowest BCUT2D eigenvalue weighted by atomic mass is 9.85. The highest BCUT2D eigenvalue weighted by Crippen LogP contribution is 2.54. The fourth-order valence-corrected chi connectivity index (χ4v) is 13.2. The predicted molar refractivity (Wildman–Crippen MR) is 224 cm³/mol. The Bertz CT molecular complexity index is 2130. The number of guanidine groups is 1. The Kier molecular flexibility index (Phi) is 10.8. The van der Waals surface area contributed by atoms with E-state index in [1.54, 1.807) is 54.6 Å². The first-order valence-corrected chi connectivity index (χ1v) is 21.5. The van der Waals surface area contributed by atoms with E-state index in [1.165, 1.54) is 4.90 Å². The maximum Gasteiger partial charge on any atom is 0.338 e. The van der Waals surface area contributed by atoms with Crippen LogP contribution in [0.1, 0.15) is 48.3 Å². The van der Waals surface area contributed by atoms with Gasteiger partial charge in [0, 0.05) is 0 Å². The quantitative estimate of drug-likeness (QED) is 0.0733. The molecule has 2 fully saturated rings. The zero-order valence-corrected chi connectivity index (χ0v) is 35.0. The molecule has 1 amide bonds. The summed E-state index contributed by atoms with van der Waals surface area (Å²) < 4.78 is 11.0. The van der Waals surface area contributed by atoms with Crippen molar-refractivity contribution in [3.8, 4) is 0 Å². The molecule has 2 saturated heterocycles. The van der Waals surface area contributed by atoms with Gasteiger partial charge >= 0.3 is 5.97 Å². The van der Waals surface area contributed by atoms with Gasteiger partial charge in [0.2, 0.25) is 11.7 Å². The number of ether oxygens (including phenoxy) is 1. The minimum Gasteiger partial charge on any atom is -0.450 e. The summed E-state index contributed by atoms with van der Waals surface area (Å²) >= 11 is 18.4. The molecular formula is C42H44Cl3N5O6Si. The third-order valence-electron chi connectivity index (χ3n) is 11.0. The minimum absolute atomic E-state index is 0.0808. The van der Waals surface area contributed by atoms with E-state index < -0.39 is 64.7 Å². The van der Waals surface area contributed by atoms with Crippen molar-refractivity contribution in [1.82, 2.24) is 20.9 Å². The zero-order chi connectivity index (χ0) is 41.0. The number of nitrogens with one attached hydrogen (secondary N) is 3. The monoisotopic (exact) mass is 847 g/mol. The Morgan fingerprint density at radius 3 is 1.96 bits per heavy atom. The van der Waals surface area contributed by atoms with Crippen LogP contribution in [-0.2, 0) is 14.0 Å². The third-order valence-corrected chi connectivity index (χ3v) is 16.5. The molecule has 3 aliphatic rings. The summed E-state index contributed by atoms with van der Waals surface area (Å²) in [5.41, 5.74) is -0.400. The van der Waals surface area contributed by atoms with Gasteiger partial charge in [-0.1, -0.05) is 171 Å². The van der Waals surface area contributed by atoms with E-state index in [0.29, 0.717) is 5.56 Å². The van der Waals surface area contributed by atoms with E-state index >= 15 is 0 Å². The molecule has 15 heteroatoms. The van der Waals surface area contributed by atoms with Crippen LogP contribution in [-0.4, -0.2) is 81.3 Å². The number of rotatable bonds is 8. The topological polar surface area (TPSA) is 145 Å². The van der Waals surface area contributed by atoms with Crippen LogP contribution in [0, 0.1) is 6.92 Å². The van der Waals surface area contributed by atoms with E-state index in [-0.39, 0.29) is 24.0 Å². The predicted octanol–water partition coefficient (Wildman–Crippen LogP) is 4.79. The molecule has 4 aromatic rings. The summed E-state index contributed by atoms with van der Waals surface area (Å²) in [6.45, 7) is 12.3. The van der Waals surface area contributed by atoms with Gasteiger partial charge < -0.3 is 34.9 Å². The molecule has 3 heterocycles. The lowest BCUT2D eigenvalue weighted by Gasteiger charge is -2.51. The number of aliphatic hydroxyl groups is 2. The number of nitrogens with zero attached hydrogens (tertiary/aromatic N) is 2. The Balaban J connectivity index is 1.41. The fourth-order valence-electron chi connectivity index (χ4n) is 8.47. The second kappa shape index (κ2) is 15.1. The van der Waals surface area contributed by atoms with E-state index in [9.17, 15) is 19.8 Å². The van der Waals surface area contributed by atoms with Crippen molar-refractivity contribution < 1.29 is 29.0 Å². The number of alkyl halides is 3. The molecule has 7 rings (SSSR count). The molecule has 5 N–H and O–H groups in total. The zero-order valence-electron chi connectivity index (χ0n) is 31.7. The van der Waals surface area contributed by atoms with E-state index in [1.807, 2.05) is 43.3 Å². The number of carbonyl (C=O) groups is 2. The molecule has 1 spiro atoms. The summed E-state index contributed by atoms with van der Waals surface area (Å²) in [4.78, 5) is 34.0. The highest BCUT2D eigenvalue weighted by Gasteiger charge is 2.78. The first-order valence-electron chi connectivity index (χ1n) is 18.4. The van der Waals surface area contributed by atoms with Gasteiger partial charge in [-0.15, -0.1) is 0 Å². The Labute approximate surface area is 347 Å². The van der Waals surface area contributed by atoms with Crippen LogP contribution in [0.15, 0.2) is 133 Å². The number of aryl methyl sites for hydroxylation is 1. The number of benzene rings is 4. The summed E-state index contributed by atoms with van der Waals surface area (Å²) in [7, 11) is -3.19. The number of aliphatic imine (C=N–C) groups is 1. The van der Waals surface area contributed by atoms with Crippen molar-refractivity contribution in [3.05, 3.63) is 144 Å². The molecule has 0 bridgehead atoms. The summed E-state index contributed by atoms with van der Waals surface area (Å²) in [5.74, 6) is -4.73. The molecule has 0 aliphatic carbocycles. The standard InChI is InChI=1S/C42H44Cl3N5O6Si/c1-26-21-23-29(24-22-26)36(51)56-35-33(28-15-9-6-10-16-28)50-38(48-37(52)42(43,44)45)47-32(34-40(50,41(35,53)54)49-27(2)46-34)25-55-57(39(3,4)5,30-17-11-7-12-18-30)31-19-13-8-14-20-31/h6-24,32-35,46,49,53-54H,2,25H2,1,3-5H3,(H,47,48,52)/t32-,33-,34?,35-,40?/m0/s1. The Hall–Kier alpha value is -4.40. The lowest BCUT2D eigenvalue weighted by Crippen LogP contribution is -2.78. The van der Waals surface area contributed by atoms with Crippen LogP contribution in [0.2, 0.25) is 5.04 Å². The van der Waals surface area contributed by atoms with Gasteiger partial charge in [-0.05, 0) is 40.0 Å². The first-order chi connectivity index (χ1) is 26.9. The van der Waals surface area contributed by atoms with Crippen LogP contribution < -0.4 is 26.3 Å². The SMILES string of the molecule is C=C1NC2[C@H](CO[Si](c3ccccc3)(c3ccccc3)C(C)(C)C)N=C(NC(=O)C(Cl)(Cl)Cl)N3[C@@H](c4ccccc4)[C@H](OC(=O)c4ccc(C)cc4)C(O)(O)C23N1. The number of hydrogen-bond acceptors (Lipinski definition) is 10. The van der Waals surface area contributed by atoms with E-state index in [0.717, 1.165) is 15.9 Å². The lowest BCUT2D eigenvalue weighted by molar-refractivity contribution is -0.258. The average molecular weight is 849 g/mol. The third kappa shape index (κ3) is 7.01. The molecule has 4 aromatic carbocycles. The van der Waals surface area contributed by atoms with Gasteiger partial charge in [-0.2, -0.15) is 0 Å². The summed E-state index contributed by atoms with van der Waals surface area (Å²) in [6.07, 6.45) is -1.69. The van der Waals surface area contributed by atoms with Gasteiger partial charge in [0.25, 0.3) is 18.0 Å². The van der Waals surface area contributed by atoms with Gasteiger partial charge in [-0.3, -0.25) is 10.1 Å². The number of halogens is 3. The highest BCUT2D eigenvalue weighted by atomic mass is 35.6. The maximum atomic E-state index is 13.9. The molecule has 0 aromatic heterocycles. The number of carbonyl (C=O) groups excluding carboxylic acids is 2. The molecule has 11 nitrogen and oxygen atoms in total. The van der Waals surface area contributed by atoms with Crippen molar-refractivity contribution in [2.24, 2.45) is 4.99 Å². The van der Waals surface area contributed by atoms with Gasteiger partial charge in [0.05, 0.1) is 24.0 Å². The van der Waals surface area contributed by atoms with Crippen molar-refractivity contribution in [2.75, 3.05) is 6.61 Å².